The predicted octanol–water partition coefficient (Wildman–Crippen LogP) is 3.84. The summed E-state index contributed by atoms with van der Waals surface area (Å²) in [6, 6.07) is 10.2. The molecule has 200 valence electrons. The summed E-state index contributed by atoms with van der Waals surface area (Å²) < 4.78 is 21.8. The summed E-state index contributed by atoms with van der Waals surface area (Å²) in [5.74, 6) is 2.03. The molecule has 0 aromatic heterocycles. The van der Waals surface area contributed by atoms with Crippen LogP contribution in [0.1, 0.15) is 44.4 Å². The van der Waals surface area contributed by atoms with E-state index in [1.54, 1.807) is 47.6 Å². The number of carbonyl (C=O) groups excluding carboxylic acids is 2. The van der Waals surface area contributed by atoms with E-state index in [0.29, 0.717) is 35.1 Å². The Bertz CT molecular complexity index is 1170. The number of nitrogens with one attached hydrogen (secondary N) is 1. The van der Waals surface area contributed by atoms with Crippen LogP contribution in [0.25, 0.3) is 0 Å². The lowest BCUT2D eigenvalue weighted by atomic mass is 9.97. The minimum Gasteiger partial charge on any atom is -0.497 e. The standard InChI is InChI=1S/C27H36N4O6/c1-27(2,3)28-26(33)30(4)16-25(32)31-21(17-9-12-22(35-6)24(13-17)37-8)15-20(29-31)19-11-10-18(34-5)14-23(19)36-7/h9-14,21H,15-16H2,1-8H3,(H,28,33)/t21-/m0/s1. The number of likely N-dealkylation sites (N-methyl/N-ethyl adjacent to an activating group) is 1. The second-order valence-corrected chi connectivity index (χ2v) is 9.72. The van der Waals surface area contributed by atoms with E-state index in [2.05, 4.69) is 5.32 Å². The first kappa shape index (κ1) is 27.6. The first-order valence-electron chi connectivity index (χ1n) is 11.9. The highest BCUT2D eigenvalue weighted by Crippen LogP contribution is 2.39. The molecule has 0 aliphatic carbocycles. The van der Waals surface area contributed by atoms with Crippen molar-refractivity contribution in [2.75, 3.05) is 42.0 Å². The Labute approximate surface area is 218 Å². The van der Waals surface area contributed by atoms with E-state index < -0.39 is 11.6 Å². The number of nitrogens with zero attached hydrogens (tertiary/aromatic N) is 3. The number of hydrazone groups is 1. The third-order valence-corrected chi connectivity index (χ3v) is 5.88. The van der Waals surface area contributed by atoms with Gasteiger partial charge in [0.15, 0.2) is 11.5 Å². The van der Waals surface area contributed by atoms with Crippen molar-refractivity contribution in [2.45, 2.75) is 38.8 Å². The zero-order valence-corrected chi connectivity index (χ0v) is 22.7. The predicted molar refractivity (Wildman–Crippen MR) is 141 cm³/mol. The molecule has 0 spiro atoms. The molecule has 3 amide bonds. The summed E-state index contributed by atoms with van der Waals surface area (Å²) in [6.07, 6.45) is 0.432. The molecule has 1 atom stereocenters. The molecule has 37 heavy (non-hydrogen) atoms. The van der Waals surface area contributed by atoms with Crippen molar-refractivity contribution in [1.82, 2.24) is 15.2 Å². The van der Waals surface area contributed by atoms with Gasteiger partial charge >= 0.3 is 6.03 Å². The van der Waals surface area contributed by atoms with E-state index in [1.165, 1.54) is 9.91 Å². The zero-order chi connectivity index (χ0) is 27.3. The van der Waals surface area contributed by atoms with E-state index >= 15 is 0 Å². The maximum atomic E-state index is 13.5. The Morgan fingerprint density at radius 3 is 2.24 bits per heavy atom. The first-order chi connectivity index (χ1) is 17.5. The van der Waals surface area contributed by atoms with Gasteiger partial charge in [-0.25, -0.2) is 9.80 Å². The Morgan fingerprint density at radius 2 is 1.65 bits per heavy atom. The van der Waals surface area contributed by atoms with E-state index in [1.807, 2.05) is 45.0 Å². The molecule has 10 heteroatoms. The fourth-order valence-electron chi connectivity index (χ4n) is 4.02. The molecule has 1 heterocycles. The van der Waals surface area contributed by atoms with E-state index in [-0.39, 0.29) is 18.5 Å². The molecular formula is C27H36N4O6. The van der Waals surface area contributed by atoms with Crippen molar-refractivity contribution in [3.63, 3.8) is 0 Å². The number of rotatable bonds is 8. The van der Waals surface area contributed by atoms with Gasteiger partial charge in [0.1, 0.15) is 18.0 Å². The van der Waals surface area contributed by atoms with Gasteiger partial charge in [-0.05, 0) is 50.6 Å². The highest BCUT2D eigenvalue weighted by Gasteiger charge is 2.35. The number of methoxy groups -OCH3 is 4. The lowest BCUT2D eigenvalue weighted by Gasteiger charge is -2.28. The summed E-state index contributed by atoms with van der Waals surface area (Å²) in [6.45, 7) is 5.50. The van der Waals surface area contributed by atoms with Gasteiger partial charge in [-0.2, -0.15) is 5.10 Å². The number of benzene rings is 2. The SMILES string of the molecule is COc1ccc(C2=NN(C(=O)CN(C)C(=O)NC(C)(C)C)[C@H](c3ccc(OC)c(OC)c3)C2)c(OC)c1. The van der Waals surface area contributed by atoms with Crippen molar-refractivity contribution in [2.24, 2.45) is 5.10 Å². The maximum absolute atomic E-state index is 13.5. The van der Waals surface area contributed by atoms with Gasteiger partial charge in [0, 0.05) is 30.6 Å². The summed E-state index contributed by atoms with van der Waals surface area (Å²) in [5.41, 5.74) is 1.82. The van der Waals surface area contributed by atoms with Crippen molar-refractivity contribution < 1.29 is 28.5 Å². The molecule has 0 unspecified atom stereocenters. The summed E-state index contributed by atoms with van der Waals surface area (Å²) in [4.78, 5) is 27.5. The van der Waals surface area contributed by atoms with Crippen LogP contribution in [0.2, 0.25) is 0 Å². The number of carbonyl (C=O) groups is 2. The second kappa shape index (κ2) is 11.4. The summed E-state index contributed by atoms with van der Waals surface area (Å²) in [7, 11) is 7.87. The van der Waals surface area contributed by atoms with E-state index in [0.717, 1.165) is 11.1 Å². The maximum Gasteiger partial charge on any atom is 0.318 e. The van der Waals surface area contributed by atoms with Crippen LogP contribution in [-0.2, 0) is 4.79 Å². The third-order valence-electron chi connectivity index (χ3n) is 5.88. The molecule has 2 aromatic rings. The van der Waals surface area contributed by atoms with Crippen LogP contribution in [0.3, 0.4) is 0 Å². The van der Waals surface area contributed by atoms with Gasteiger partial charge in [-0.15, -0.1) is 0 Å². The molecule has 1 N–H and O–H groups in total. The molecule has 1 aliphatic rings. The first-order valence-corrected chi connectivity index (χ1v) is 11.9. The van der Waals surface area contributed by atoms with Gasteiger partial charge in [0.25, 0.3) is 5.91 Å². The topological polar surface area (TPSA) is 102 Å². The van der Waals surface area contributed by atoms with Crippen LogP contribution in [0, 0.1) is 0 Å². The average molecular weight is 513 g/mol. The monoisotopic (exact) mass is 512 g/mol. The Balaban J connectivity index is 1.98. The Kier molecular flexibility index (Phi) is 8.52. The summed E-state index contributed by atoms with van der Waals surface area (Å²) >= 11 is 0. The number of amides is 3. The van der Waals surface area contributed by atoms with Crippen LogP contribution < -0.4 is 24.3 Å². The van der Waals surface area contributed by atoms with E-state index in [4.69, 9.17) is 24.0 Å². The largest absolute Gasteiger partial charge is 0.497 e. The highest BCUT2D eigenvalue weighted by molar-refractivity contribution is 6.05. The van der Waals surface area contributed by atoms with Crippen molar-refractivity contribution in [3.8, 4) is 23.0 Å². The van der Waals surface area contributed by atoms with E-state index in [9.17, 15) is 9.59 Å². The second-order valence-electron chi connectivity index (χ2n) is 9.72. The molecule has 2 aromatic carbocycles. The van der Waals surface area contributed by atoms with Crippen molar-refractivity contribution in [3.05, 3.63) is 47.5 Å². The molecule has 0 fully saturated rings. The van der Waals surface area contributed by atoms with Gasteiger partial charge in [0.2, 0.25) is 0 Å². The van der Waals surface area contributed by atoms with Crippen molar-refractivity contribution in [1.29, 1.82) is 0 Å². The minimum atomic E-state index is -0.430. The molecule has 0 saturated carbocycles. The van der Waals surface area contributed by atoms with Gasteiger partial charge in [0.05, 0.1) is 40.2 Å². The molecule has 0 radical (unpaired) electrons. The number of ether oxygens (including phenoxy) is 4. The van der Waals surface area contributed by atoms with Gasteiger partial charge in [-0.1, -0.05) is 6.07 Å². The molecule has 0 bridgehead atoms. The Hall–Kier alpha value is -3.95. The molecular weight excluding hydrogens is 476 g/mol. The van der Waals surface area contributed by atoms with Gasteiger partial charge in [-0.3, -0.25) is 4.79 Å². The number of urea groups is 1. The Morgan fingerprint density at radius 1 is 0.973 bits per heavy atom. The van der Waals surface area contributed by atoms with Crippen LogP contribution in [-0.4, -0.2) is 75.1 Å². The molecule has 0 saturated heterocycles. The average Bonchev–Trinajstić information content (AvgIpc) is 3.32. The molecule has 3 rings (SSSR count). The number of hydrogen-bond donors (Lipinski definition) is 1. The quantitative estimate of drug-likeness (QED) is 0.577. The third kappa shape index (κ3) is 6.44. The lowest BCUT2D eigenvalue weighted by molar-refractivity contribution is -0.133. The fourth-order valence-corrected chi connectivity index (χ4v) is 4.02. The molecule has 10 nitrogen and oxygen atoms in total. The summed E-state index contributed by atoms with van der Waals surface area (Å²) in [5, 5.41) is 9.01. The van der Waals surface area contributed by atoms with Crippen LogP contribution in [0.5, 0.6) is 23.0 Å². The van der Waals surface area contributed by atoms with Crippen LogP contribution in [0.4, 0.5) is 4.79 Å². The minimum absolute atomic E-state index is 0.151. The lowest BCUT2D eigenvalue weighted by Crippen LogP contribution is -2.49. The van der Waals surface area contributed by atoms with Crippen molar-refractivity contribution >= 4 is 17.6 Å². The highest BCUT2D eigenvalue weighted by atomic mass is 16.5. The fraction of sp³-hybridized carbons (Fsp3) is 0.444. The smallest absolute Gasteiger partial charge is 0.318 e. The normalized spacial score (nSPS) is 15.1. The van der Waals surface area contributed by atoms with Gasteiger partial charge < -0.3 is 29.2 Å². The van der Waals surface area contributed by atoms with Crippen LogP contribution >= 0.6 is 0 Å². The van der Waals surface area contributed by atoms with Crippen LogP contribution in [0.15, 0.2) is 41.5 Å². The number of hydrogen-bond acceptors (Lipinski definition) is 7. The zero-order valence-electron chi connectivity index (χ0n) is 22.7. The molecule has 1 aliphatic heterocycles.